The lowest BCUT2D eigenvalue weighted by Gasteiger charge is -2.38. The Morgan fingerprint density at radius 2 is 1.67 bits per heavy atom. The molecule has 1 aliphatic carbocycles. The molecular formula is C42H47N11O7. The van der Waals surface area contributed by atoms with Crippen molar-refractivity contribution in [2.75, 3.05) is 44.6 Å². The van der Waals surface area contributed by atoms with Crippen LogP contribution < -0.4 is 20.7 Å². The van der Waals surface area contributed by atoms with Crippen LogP contribution in [0.15, 0.2) is 49.1 Å². The van der Waals surface area contributed by atoms with E-state index in [1.54, 1.807) is 29.4 Å². The molecule has 1 atom stereocenters. The van der Waals surface area contributed by atoms with Crippen molar-refractivity contribution in [3.8, 4) is 5.75 Å². The van der Waals surface area contributed by atoms with Crippen molar-refractivity contribution in [3.05, 3.63) is 71.6 Å². The molecule has 6 amide bonds. The molecule has 1 unspecified atom stereocenters. The first-order valence-electron chi connectivity index (χ1n) is 20.8. The summed E-state index contributed by atoms with van der Waals surface area (Å²) in [5, 5.41) is 8.92. The summed E-state index contributed by atoms with van der Waals surface area (Å²) in [5.74, 6) is -1.47. The predicted octanol–water partition coefficient (Wildman–Crippen LogP) is 2.26. The van der Waals surface area contributed by atoms with Crippen LogP contribution in [0.1, 0.15) is 94.3 Å². The number of hydrogen-bond acceptors (Lipinski definition) is 13. The Morgan fingerprint density at radius 1 is 0.883 bits per heavy atom. The summed E-state index contributed by atoms with van der Waals surface area (Å²) < 4.78 is 7.94. The van der Waals surface area contributed by atoms with Crippen molar-refractivity contribution in [1.82, 2.24) is 49.8 Å². The summed E-state index contributed by atoms with van der Waals surface area (Å²) in [6, 6.07) is 9.47. The van der Waals surface area contributed by atoms with Gasteiger partial charge in [0, 0.05) is 63.0 Å². The molecule has 4 fully saturated rings. The highest BCUT2D eigenvalue weighted by atomic mass is 16.5. The van der Waals surface area contributed by atoms with Gasteiger partial charge in [0.25, 0.3) is 23.6 Å². The molecule has 3 saturated heterocycles. The number of carbonyl (C=O) groups is 6. The maximum absolute atomic E-state index is 13.4. The van der Waals surface area contributed by atoms with Gasteiger partial charge < -0.3 is 29.7 Å². The Balaban J connectivity index is 0.708. The Bertz CT molecular complexity index is 2360. The van der Waals surface area contributed by atoms with Crippen molar-refractivity contribution in [3.63, 3.8) is 0 Å². The fourth-order valence-electron chi connectivity index (χ4n) is 9.10. The quantitative estimate of drug-likeness (QED) is 0.186. The summed E-state index contributed by atoms with van der Waals surface area (Å²) in [6.07, 6.45) is 8.73. The normalized spacial score (nSPS) is 22.7. The lowest BCUT2D eigenvalue weighted by atomic mass is 9.86. The van der Waals surface area contributed by atoms with E-state index in [2.05, 4.69) is 40.4 Å². The van der Waals surface area contributed by atoms with Crippen molar-refractivity contribution in [1.29, 1.82) is 0 Å². The first-order chi connectivity index (χ1) is 29.1. The second kappa shape index (κ2) is 16.4. The van der Waals surface area contributed by atoms with Gasteiger partial charge in [-0.15, -0.1) is 0 Å². The Morgan fingerprint density at radius 3 is 2.43 bits per heavy atom. The van der Waals surface area contributed by atoms with Gasteiger partial charge >= 0.3 is 0 Å². The van der Waals surface area contributed by atoms with E-state index in [1.165, 1.54) is 6.07 Å². The first kappa shape index (κ1) is 39.2. The summed E-state index contributed by atoms with van der Waals surface area (Å²) in [5.41, 5.74) is 2.90. The van der Waals surface area contributed by atoms with Crippen LogP contribution in [0.5, 0.6) is 5.75 Å². The van der Waals surface area contributed by atoms with E-state index in [0.29, 0.717) is 24.7 Å². The number of aryl methyl sites for hydroxylation is 1. The van der Waals surface area contributed by atoms with Gasteiger partial charge in [-0.1, -0.05) is 12.1 Å². The molecule has 18 heteroatoms. The highest BCUT2D eigenvalue weighted by Gasteiger charge is 2.46. The largest absolute Gasteiger partial charge is 0.483 e. The molecule has 7 heterocycles. The minimum atomic E-state index is -1.08. The SMILES string of the molecule is Cc1cccc(C(=O)NC2CC(n3cnc4c(NC5CCN(CC6CCN(C(=O)COc7cccc8c7C(=O)N(C7CCC(=O)NC7=O)C8=O)CC6)CC5)ncnc43)C2)n1. The van der Waals surface area contributed by atoms with E-state index < -0.39 is 29.7 Å². The van der Waals surface area contributed by atoms with E-state index >= 15 is 0 Å². The highest BCUT2D eigenvalue weighted by Crippen LogP contribution is 2.36. The Labute approximate surface area is 345 Å². The number of nitrogens with zero attached hydrogens (tertiary/aromatic N) is 8. The smallest absolute Gasteiger partial charge is 0.270 e. The van der Waals surface area contributed by atoms with Gasteiger partial charge in [-0.05, 0) is 82.1 Å². The molecular weight excluding hydrogens is 771 g/mol. The molecule has 18 nitrogen and oxygen atoms in total. The van der Waals surface area contributed by atoms with E-state index in [0.717, 1.165) is 85.7 Å². The molecule has 4 aliphatic heterocycles. The minimum absolute atomic E-state index is 0.0260. The fraction of sp³-hybridized carbons (Fsp3) is 0.476. The summed E-state index contributed by atoms with van der Waals surface area (Å²) in [6.45, 7) is 5.66. The second-order valence-electron chi connectivity index (χ2n) is 16.5. The van der Waals surface area contributed by atoms with E-state index in [-0.39, 0.29) is 66.3 Å². The number of hydrogen-bond donors (Lipinski definition) is 3. The second-order valence-corrected chi connectivity index (χ2v) is 16.5. The predicted molar refractivity (Wildman–Crippen MR) is 215 cm³/mol. The Hall–Kier alpha value is -6.30. The molecule has 0 radical (unpaired) electrons. The molecule has 9 rings (SSSR count). The number of aromatic nitrogens is 5. The number of fused-ring (bicyclic) bond motifs is 2. The fourth-order valence-corrected chi connectivity index (χ4v) is 9.10. The number of benzene rings is 1. The van der Waals surface area contributed by atoms with Gasteiger partial charge in [0.1, 0.15) is 29.3 Å². The summed E-state index contributed by atoms with van der Waals surface area (Å²) >= 11 is 0. The average molecular weight is 818 g/mol. The van der Waals surface area contributed by atoms with Crippen LogP contribution in [0.2, 0.25) is 0 Å². The standard InChI is InChI=1S/C42H47N11O7/c1-24-4-2-6-30(46-24)39(56)48-27-18-28(19-27)52-23-45-36-37(43-22-44-38(36)52)47-26-12-14-50(15-13-26)20-25-10-16-51(17-11-25)34(55)21-60-32-7-3-5-29-35(32)42(59)53(41(29)58)31-8-9-33(54)49-40(31)57/h2-7,22-23,25-28,31H,8-21H2,1H3,(H,48,56)(H,43,44,47)(H,49,54,57). The number of imidazole rings is 1. The van der Waals surface area contributed by atoms with Crippen molar-refractivity contribution < 1.29 is 33.5 Å². The molecule has 312 valence electrons. The molecule has 60 heavy (non-hydrogen) atoms. The monoisotopic (exact) mass is 817 g/mol. The molecule has 1 aromatic carbocycles. The summed E-state index contributed by atoms with van der Waals surface area (Å²) in [7, 11) is 0. The van der Waals surface area contributed by atoms with Crippen LogP contribution in [0.3, 0.4) is 0 Å². The number of imide groups is 2. The number of anilines is 1. The number of rotatable bonds is 11. The van der Waals surface area contributed by atoms with Gasteiger partial charge in [0.15, 0.2) is 18.1 Å². The molecule has 5 aliphatic rings. The van der Waals surface area contributed by atoms with E-state index in [1.807, 2.05) is 25.4 Å². The maximum atomic E-state index is 13.4. The van der Waals surface area contributed by atoms with E-state index in [4.69, 9.17) is 9.72 Å². The van der Waals surface area contributed by atoms with Crippen LogP contribution >= 0.6 is 0 Å². The topological polar surface area (TPSA) is 214 Å². The Kier molecular flexibility index (Phi) is 10.7. The lowest BCUT2D eigenvalue weighted by Crippen LogP contribution is -2.54. The van der Waals surface area contributed by atoms with E-state index in [9.17, 15) is 28.8 Å². The van der Waals surface area contributed by atoms with Crippen molar-refractivity contribution in [2.45, 2.75) is 82.5 Å². The van der Waals surface area contributed by atoms with Crippen LogP contribution in [0.4, 0.5) is 5.82 Å². The van der Waals surface area contributed by atoms with Gasteiger partial charge in [0.2, 0.25) is 11.8 Å². The van der Waals surface area contributed by atoms with Gasteiger partial charge in [-0.3, -0.25) is 39.0 Å². The van der Waals surface area contributed by atoms with Gasteiger partial charge in [-0.2, -0.15) is 0 Å². The number of pyridine rings is 1. The number of amides is 6. The number of piperidine rings is 3. The molecule has 0 spiro atoms. The van der Waals surface area contributed by atoms with Crippen LogP contribution in [-0.4, -0.2) is 132 Å². The number of carbonyl (C=O) groups excluding carboxylic acids is 6. The minimum Gasteiger partial charge on any atom is -0.483 e. The lowest BCUT2D eigenvalue weighted by molar-refractivity contribution is -0.136. The van der Waals surface area contributed by atoms with Crippen molar-refractivity contribution in [2.24, 2.45) is 5.92 Å². The van der Waals surface area contributed by atoms with Crippen LogP contribution in [-0.2, 0) is 14.4 Å². The zero-order valence-electron chi connectivity index (χ0n) is 33.3. The van der Waals surface area contributed by atoms with Crippen molar-refractivity contribution >= 4 is 52.4 Å². The highest BCUT2D eigenvalue weighted by molar-refractivity contribution is 6.24. The van der Waals surface area contributed by atoms with Gasteiger partial charge in [0.05, 0.1) is 17.5 Å². The maximum Gasteiger partial charge on any atom is 0.270 e. The average Bonchev–Trinajstić information content (AvgIpc) is 3.77. The zero-order chi connectivity index (χ0) is 41.5. The number of ether oxygens (including phenoxy) is 1. The third-order valence-electron chi connectivity index (χ3n) is 12.5. The van der Waals surface area contributed by atoms with Gasteiger partial charge in [-0.25, -0.2) is 19.9 Å². The molecule has 0 bridgehead atoms. The van der Waals surface area contributed by atoms with Crippen LogP contribution in [0, 0.1) is 12.8 Å². The number of nitrogens with one attached hydrogen (secondary N) is 3. The molecule has 1 saturated carbocycles. The number of likely N-dealkylation sites (tertiary alicyclic amines) is 2. The third-order valence-corrected chi connectivity index (χ3v) is 12.5. The first-order valence-corrected chi connectivity index (χ1v) is 20.8. The summed E-state index contributed by atoms with van der Waals surface area (Å²) in [4.78, 5) is 99.8. The zero-order valence-corrected chi connectivity index (χ0v) is 33.3. The third kappa shape index (κ3) is 7.78. The molecule has 3 aromatic heterocycles. The molecule has 4 aromatic rings. The van der Waals surface area contributed by atoms with Crippen LogP contribution in [0.25, 0.3) is 11.2 Å². The molecule has 3 N–H and O–H groups in total.